The smallest absolute Gasteiger partial charge is 0.152 e. The van der Waals surface area contributed by atoms with Crippen LogP contribution >= 0.6 is 0 Å². The quantitative estimate of drug-likeness (QED) is 0.829. The molecule has 0 aliphatic heterocycles. The highest BCUT2D eigenvalue weighted by Gasteiger charge is 2.35. The first-order valence-corrected chi connectivity index (χ1v) is 8.04. The molecule has 0 aromatic carbocycles. The van der Waals surface area contributed by atoms with Crippen molar-refractivity contribution < 1.29 is 13.5 Å². The SMILES string of the molecule is CC1CC(C)CC(C(O)C(C)S(C)(=O)=O)C1. The Morgan fingerprint density at radius 2 is 1.56 bits per heavy atom. The molecule has 4 heteroatoms. The van der Waals surface area contributed by atoms with Crippen LogP contribution in [0.25, 0.3) is 0 Å². The van der Waals surface area contributed by atoms with E-state index < -0.39 is 21.2 Å². The largest absolute Gasteiger partial charge is 0.391 e. The van der Waals surface area contributed by atoms with Crippen molar-refractivity contribution in [2.24, 2.45) is 17.8 Å². The molecule has 4 atom stereocenters. The highest BCUT2D eigenvalue weighted by atomic mass is 32.2. The number of aliphatic hydroxyl groups is 1. The second-order valence-electron chi connectivity index (χ2n) is 5.70. The van der Waals surface area contributed by atoms with Gasteiger partial charge in [-0.3, -0.25) is 0 Å². The van der Waals surface area contributed by atoms with Crippen LogP contribution < -0.4 is 0 Å². The predicted molar refractivity (Wildman–Crippen MR) is 66.0 cm³/mol. The third-order valence-corrected chi connectivity index (χ3v) is 5.48. The first-order chi connectivity index (χ1) is 7.21. The highest BCUT2D eigenvalue weighted by Crippen LogP contribution is 2.36. The zero-order valence-corrected chi connectivity index (χ0v) is 11.5. The lowest BCUT2D eigenvalue weighted by molar-refractivity contribution is 0.0555. The maximum Gasteiger partial charge on any atom is 0.152 e. The standard InChI is InChI=1S/C12H24O3S/c1-8-5-9(2)7-11(6-8)12(13)10(3)16(4,14)15/h8-13H,5-7H2,1-4H3. The van der Waals surface area contributed by atoms with E-state index in [1.807, 2.05) is 0 Å². The van der Waals surface area contributed by atoms with Crippen molar-refractivity contribution >= 4 is 9.84 Å². The van der Waals surface area contributed by atoms with E-state index in [0.29, 0.717) is 11.8 Å². The molecule has 0 aromatic rings. The van der Waals surface area contributed by atoms with Crippen molar-refractivity contribution in [3.63, 3.8) is 0 Å². The molecule has 0 radical (unpaired) electrons. The van der Waals surface area contributed by atoms with Crippen molar-refractivity contribution in [2.45, 2.75) is 51.4 Å². The third-order valence-electron chi connectivity index (χ3n) is 3.85. The van der Waals surface area contributed by atoms with Crippen molar-refractivity contribution in [1.29, 1.82) is 0 Å². The minimum atomic E-state index is -3.14. The predicted octanol–water partition coefficient (Wildman–Crippen LogP) is 1.85. The molecule has 3 nitrogen and oxygen atoms in total. The van der Waals surface area contributed by atoms with Crippen molar-refractivity contribution in [3.05, 3.63) is 0 Å². The van der Waals surface area contributed by atoms with E-state index in [9.17, 15) is 13.5 Å². The van der Waals surface area contributed by atoms with Crippen LogP contribution in [0.4, 0.5) is 0 Å². The molecular formula is C12H24O3S. The summed E-state index contributed by atoms with van der Waals surface area (Å²) in [7, 11) is -3.14. The fourth-order valence-corrected chi connectivity index (χ4v) is 3.65. The van der Waals surface area contributed by atoms with Crippen molar-refractivity contribution in [2.75, 3.05) is 6.26 Å². The van der Waals surface area contributed by atoms with Crippen LogP contribution in [-0.4, -0.2) is 31.1 Å². The van der Waals surface area contributed by atoms with Crippen molar-refractivity contribution in [1.82, 2.24) is 0 Å². The molecule has 0 amide bonds. The van der Waals surface area contributed by atoms with Gasteiger partial charge in [-0.1, -0.05) is 13.8 Å². The summed E-state index contributed by atoms with van der Waals surface area (Å²) >= 11 is 0. The monoisotopic (exact) mass is 248 g/mol. The van der Waals surface area contributed by atoms with E-state index in [1.165, 1.54) is 12.7 Å². The van der Waals surface area contributed by atoms with E-state index in [-0.39, 0.29) is 5.92 Å². The fraction of sp³-hybridized carbons (Fsp3) is 1.00. The average molecular weight is 248 g/mol. The van der Waals surface area contributed by atoms with Crippen LogP contribution in [0.5, 0.6) is 0 Å². The van der Waals surface area contributed by atoms with Crippen LogP contribution in [0.2, 0.25) is 0 Å². The lowest BCUT2D eigenvalue weighted by atomic mass is 9.74. The summed E-state index contributed by atoms with van der Waals surface area (Å²) in [5.74, 6) is 1.33. The van der Waals surface area contributed by atoms with Gasteiger partial charge in [0.15, 0.2) is 9.84 Å². The topological polar surface area (TPSA) is 54.4 Å². The van der Waals surface area contributed by atoms with Gasteiger partial charge in [0.05, 0.1) is 11.4 Å². The molecule has 0 aromatic heterocycles. The highest BCUT2D eigenvalue weighted by molar-refractivity contribution is 7.91. The molecule has 96 valence electrons. The molecule has 16 heavy (non-hydrogen) atoms. The van der Waals surface area contributed by atoms with E-state index >= 15 is 0 Å². The first kappa shape index (κ1) is 14.0. The third kappa shape index (κ3) is 3.45. The van der Waals surface area contributed by atoms with Gasteiger partial charge in [-0.25, -0.2) is 8.42 Å². The Bertz CT molecular complexity index is 313. The molecule has 0 saturated heterocycles. The Morgan fingerprint density at radius 3 is 1.94 bits per heavy atom. The minimum absolute atomic E-state index is 0.142. The van der Waals surface area contributed by atoms with E-state index in [0.717, 1.165) is 12.8 Å². The van der Waals surface area contributed by atoms with Gasteiger partial charge in [0.1, 0.15) is 0 Å². The number of hydrogen-bond donors (Lipinski definition) is 1. The van der Waals surface area contributed by atoms with Crippen LogP contribution in [0.3, 0.4) is 0 Å². The van der Waals surface area contributed by atoms with Crippen LogP contribution in [0, 0.1) is 17.8 Å². The summed E-state index contributed by atoms with van der Waals surface area (Å²) < 4.78 is 22.8. The normalized spacial score (nSPS) is 35.7. The van der Waals surface area contributed by atoms with Gasteiger partial charge in [0, 0.05) is 6.26 Å². The number of sulfone groups is 1. The molecule has 1 aliphatic carbocycles. The van der Waals surface area contributed by atoms with Gasteiger partial charge in [0.2, 0.25) is 0 Å². The molecule has 4 unspecified atom stereocenters. The van der Waals surface area contributed by atoms with Gasteiger partial charge in [-0.2, -0.15) is 0 Å². The maximum atomic E-state index is 11.4. The summed E-state index contributed by atoms with van der Waals surface area (Å²) in [6.07, 6.45) is 3.59. The summed E-state index contributed by atoms with van der Waals surface area (Å²) in [5.41, 5.74) is 0. The molecule has 0 spiro atoms. The zero-order chi connectivity index (χ0) is 12.5. The van der Waals surface area contributed by atoms with Gasteiger partial charge in [-0.15, -0.1) is 0 Å². The lowest BCUT2D eigenvalue weighted by Gasteiger charge is -2.36. The Labute approximate surface area is 99.2 Å². The lowest BCUT2D eigenvalue weighted by Crippen LogP contribution is -2.39. The molecule has 1 rings (SSSR count). The van der Waals surface area contributed by atoms with E-state index in [4.69, 9.17) is 0 Å². The summed E-state index contributed by atoms with van der Waals surface area (Å²) in [5, 5.41) is 9.49. The second-order valence-corrected chi connectivity index (χ2v) is 8.11. The summed E-state index contributed by atoms with van der Waals surface area (Å²) in [6.45, 7) is 5.98. The Morgan fingerprint density at radius 1 is 1.12 bits per heavy atom. The van der Waals surface area contributed by atoms with Gasteiger partial charge >= 0.3 is 0 Å². The van der Waals surface area contributed by atoms with Gasteiger partial charge in [0.25, 0.3) is 0 Å². The molecule has 0 heterocycles. The van der Waals surface area contributed by atoms with E-state index in [1.54, 1.807) is 6.92 Å². The van der Waals surface area contributed by atoms with Crippen LogP contribution in [-0.2, 0) is 9.84 Å². The Hall–Kier alpha value is -0.0900. The van der Waals surface area contributed by atoms with Crippen LogP contribution in [0.15, 0.2) is 0 Å². The maximum absolute atomic E-state index is 11.4. The molecule has 1 saturated carbocycles. The number of aliphatic hydroxyl groups excluding tert-OH is 1. The van der Waals surface area contributed by atoms with Gasteiger partial charge < -0.3 is 5.11 Å². The Balaban J connectivity index is 2.70. The second kappa shape index (κ2) is 5.05. The number of rotatable bonds is 3. The molecule has 1 aliphatic rings. The first-order valence-electron chi connectivity index (χ1n) is 6.08. The van der Waals surface area contributed by atoms with Crippen molar-refractivity contribution in [3.8, 4) is 0 Å². The van der Waals surface area contributed by atoms with Crippen LogP contribution in [0.1, 0.15) is 40.0 Å². The molecular weight excluding hydrogens is 224 g/mol. The summed E-state index contributed by atoms with van der Waals surface area (Å²) in [4.78, 5) is 0. The minimum Gasteiger partial charge on any atom is -0.391 e. The molecule has 1 fully saturated rings. The van der Waals surface area contributed by atoms with E-state index in [2.05, 4.69) is 13.8 Å². The number of hydrogen-bond acceptors (Lipinski definition) is 3. The fourth-order valence-electron chi connectivity index (χ4n) is 2.92. The summed E-state index contributed by atoms with van der Waals surface area (Å²) in [6, 6.07) is 0. The van der Waals surface area contributed by atoms with Gasteiger partial charge in [-0.05, 0) is 43.9 Å². The zero-order valence-electron chi connectivity index (χ0n) is 10.7. The molecule has 0 bridgehead atoms. The molecule has 1 N–H and O–H groups in total. The Kier molecular flexibility index (Phi) is 4.41. The average Bonchev–Trinajstić information content (AvgIpc) is 2.12.